The fourth-order valence-corrected chi connectivity index (χ4v) is 3.91. The van der Waals surface area contributed by atoms with Gasteiger partial charge in [-0.25, -0.2) is 4.98 Å². The summed E-state index contributed by atoms with van der Waals surface area (Å²) in [5.41, 5.74) is 1.56. The van der Waals surface area contributed by atoms with Gasteiger partial charge in [0.2, 0.25) is 5.76 Å². The van der Waals surface area contributed by atoms with Gasteiger partial charge in [0, 0.05) is 18.3 Å². The van der Waals surface area contributed by atoms with E-state index in [2.05, 4.69) is 4.98 Å². The number of nitro benzene ring substituents is 1. The van der Waals surface area contributed by atoms with Crippen molar-refractivity contribution in [3.8, 4) is 0 Å². The molecule has 1 aliphatic heterocycles. The number of hydrogen-bond donors (Lipinski definition) is 0. The summed E-state index contributed by atoms with van der Waals surface area (Å²) in [5.74, 6) is -0.186. The summed E-state index contributed by atoms with van der Waals surface area (Å²) in [6, 6.07) is 15.3. The van der Waals surface area contributed by atoms with Crippen molar-refractivity contribution in [1.29, 1.82) is 0 Å². The molecule has 2 aromatic heterocycles. The minimum Gasteiger partial charge on any atom is -0.450 e. The minimum atomic E-state index is -0.820. The monoisotopic (exact) mass is 413 g/mol. The van der Waals surface area contributed by atoms with Crippen LogP contribution in [0.5, 0.6) is 0 Å². The lowest BCUT2D eigenvalue weighted by molar-refractivity contribution is -0.384. The standard InChI is InChI=1S/C23H15N3O5/c1-13-5-10-17-16(12-13)21(27)19-20(14-6-8-15(9-7-14)26(29)30)25(23(28)22(19)31-17)18-4-2-3-11-24-18/h2-12,20H,1H3/t20-/m0/s1. The second-order valence-corrected chi connectivity index (χ2v) is 7.29. The van der Waals surface area contributed by atoms with Gasteiger partial charge in [-0.3, -0.25) is 24.6 Å². The van der Waals surface area contributed by atoms with Crippen molar-refractivity contribution in [3.63, 3.8) is 0 Å². The lowest BCUT2D eigenvalue weighted by Crippen LogP contribution is -2.30. The number of pyridine rings is 1. The first kappa shape index (κ1) is 18.7. The highest BCUT2D eigenvalue weighted by Crippen LogP contribution is 2.40. The zero-order chi connectivity index (χ0) is 21.7. The van der Waals surface area contributed by atoms with E-state index in [-0.39, 0.29) is 22.4 Å². The van der Waals surface area contributed by atoms with Crippen molar-refractivity contribution in [3.05, 3.63) is 110 Å². The zero-order valence-corrected chi connectivity index (χ0v) is 16.3. The summed E-state index contributed by atoms with van der Waals surface area (Å²) in [4.78, 5) is 43.1. The topological polar surface area (TPSA) is 107 Å². The van der Waals surface area contributed by atoms with Crippen molar-refractivity contribution in [1.82, 2.24) is 4.98 Å². The highest BCUT2D eigenvalue weighted by atomic mass is 16.6. The summed E-state index contributed by atoms with van der Waals surface area (Å²) in [5, 5.41) is 11.4. The summed E-state index contributed by atoms with van der Waals surface area (Å²) in [6.07, 6.45) is 1.55. The van der Waals surface area contributed by atoms with Gasteiger partial charge in [-0.05, 0) is 48.9 Å². The molecule has 0 N–H and O–H groups in total. The Bertz CT molecular complexity index is 1410. The van der Waals surface area contributed by atoms with Crippen molar-refractivity contribution in [2.75, 3.05) is 4.90 Å². The molecular weight excluding hydrogens is 398 g/mol. The minimum absolute atomic E-state index is 0.0460. The molecule has 1 atom stereocenters. The quantitative estimate of drug-likeness (QED) is 0.369. The molecule has 0 radical (unpaired) electrons. The smallest absolute Gasteiger partial charge is 0.296 e. The Kier molecular flexibility index (Phi) is 4.14. The molecule has 8 heteroatoms. The molecule has 0 fully saturated rings. The number of fused-ring (bicyclic) bond motifs is 2. The van der Waals surface area contributed by atoms with Crippen LogP contribution < -0.4 is 10.3 Å². The van der Waals surface area contributed by atoms with E-state index in [0.29, 0.717) is 22.4 Å². The molecule has 152 valence electrons. The zero-order valence-electron chi connectivity index (χ0n) is 16.3. The molecule has 0 bridgehead atoms. The van der Waals surface area contributed by atoms with Crippen LogP contribution in [-0.4, -0.2) is 15.8 Å². The molecule has 0 unspecified atom stereocenters. The number of aryl methyl sites for hydroxylation is 1. The number of anilines is 1. The molecule has 8 nitrogen and oxygen atoms in total. The Labute approximate surface area is 175 Å². The fourth-order valence-electron chi connectivity index (χ4n) is 3.91. The van der Waals surface area contributed by atoms with E-state index in [0.717, 1.165) is 5.56 Å². The summed E-state index contributed by atoms with van der Waals surface area (Å²) >= 11 is 0. The van der Waals surface area contributed by atoms with Gasteiger partial charge in [-0.2, -0.15) is 0 Å². The SMILES string of the molecule is Cc1ccc2oc3c(c(=O)c2c1)[C@H](c1ccc([N+](=O)[O-])cc1)N(c1ccccn1)C3=O. The second-order valence-electron chi connectivity index (χ2n) is 7.29. The molecular formula is C23H15N3O5. The van der Waals surface area contributed by atoms with E-state index >= 15 is 0 Å². The Morgan fingerprint density at radius 3 is 2.52 bits per heavy atom. The Morgan fingerprint density at radius 1 is 1.06 bits per heavy atom. The van der Waals surface area contributed by atoms with Gasteiger partial charge < -0.3 is 4.42 Å². The summed E-state index contributed by atoms with van der Waals surface area (Å²) in [6.45, 7) is 1.87. The van der Waals surface area contributed by atoms with Crippen LogP contribution in [0.1, 0.15) is 33.3 Å². The van der Waals surface area contributed by atoms with E-state index in [1.54, 1.807) is 54.7 Å². The van der Waals surface area contributed by atoms with Gasteiger partial charge in [0.1, 0.15) is 11.4 Å². The van der Waals surface area contributed by atoms with Gasteiger partial charge in [0.15, 0.2) is 5.43 Å². The number of amides is 1. The third-order valence-electron chi connectivity index (χ3n) is 5.34. The van der Waals surface area contributed by atoms with E-state index in [1.165, 1.54) is 17.0 Å². The second kappa shape index (κ2) is 6.88. The number of carbonyl (C=O) groups excluding carboxylic acids is 1. The number of hydrogen-bond acceptors (Lipinski definition) is 6. The summed E-state index contributed by atoms with van der Waals surface area (Å²) in [7, 11) is 0. The van der Waals surface area contributed by atoms with Gasteiger partial charge in [0.25, 0.3) is 11.6 Å². The largest absolute Gasteiger partial charge is 0.450 e. The lowest BCUT2D eigenvalue weighted by atomic mass is 9.98. The van der Waals surface area contributed by atoms with Crippen molar-refractivity contribution in [2.24, 2.45) is 0 Å². The van der Waals surface area contributed by atoms with Crippen LogP contribution in [0.3, 0.4) is 0 Å². The first-order chi connectivity index (χ1) is 15.0. The third kappa shape index (κ3) is 2.88. The van der Waals surface area contributed by atoms with Crippen molar-refractivity contribution >= 4 is 28.4 Å². The highest BCUT2D eigenvalue weighted by Gasteiger charge is 2.44. The molecule has 5 rings (SSSR count). The van der Waals surface area contributed by atoms with Crippen LogP contribution in [0.4, 0.5) is 11.5 Å². The third-order valence-corrected chi connectivity index (χ3v) is 5.34. The molecule has 31 heavy (non-hydrogen) atoms. The van der Waals surface area contributed by atoms with Gasteiger partial charge in [-0.15, -0.1) is 0 Å². The number of carbonyl (C=O) groups is 1. The van der Waals surface area contributed by atoms with Crippen molar-refractivity contribution in [2.45, 2.75) is 13.0 Å². The van der Waals surface area contributed by atoms with Crippen LogP contribution in [0, 0.1) is 17.0 Å². The first-order valence-electron chi connectivity index (χ1n) is 9.52. The number of nitro groups is 1. The van der Waals surface area contributed by atoms with Gasteiger partial charge in [-0.1, -0.05) is 17.7 Å². The van der Waals surface area contributed by atoms with E-state index in [4.69, 9.17) is 4.42 Å². The molecule has 0 saturated heterocycles. The Morgan fingerprint density at radius 2 is 1.84 bits per heavy atom. The van der Waals surface area contributed by atoms with E-state index in [9.17, 15) is 19.7 Å². The molecule has 1 amide bonds. The maximum atomic E-state index is 13.5. The molecule has 4 aromatic rings. The Hall–Kier alpha value is -4.33. The predicted octanol–water partition coefficient (Wildman–Crippen LogP) is 4.15. The number of aromatic nitrogens is 1. The maximum absolute atomic E-state index is 13.5. The predicted molar refractivity (Wildman–Crippen MR) is 113 cm³/mol. The van der Waals surface area contributed by atoms with E-state index in [1.807, 2.05) is 6.92 Å². The first-order valence-corrected chi connectivity index (χ1v) is 9.52. The number of rotatable bonds is 3. The number of non-ortho nitro benzene ring substituents is 1. The lowest BCUT2D eigenvalue weighted by Gasteiger charge is -2.24. The maximum Gasteiger partial charge on any atom is 0.296 e. The molecule has 2 aromatic carbocycles. The Balaban J connectivity index is 1.79. The van der Waals surface area contributed by atoms with E-state index < -0.39 is 16.9 Å². The van der Waals surface area contributed by atoms with Crippen LogP contribution >= 0.6 is 0 Å². The fraction of sp³-hybridized carbons (Fsp3) is 0.0870. The number of nitrogens with zero attached hydrogens (tertiary/aromatic N) is 3. The van der Waals surface area contributed by atoms with Crippen LogP contribution in [0.15, 0.2) is 76.1 Å². The average molecular weight is 413 g/mol. The van der Waals surface area contributed by atoms with Crippen LogP contribution in [-0.2, 0) is 0 Å². The molecule has 3 heterocycles. The average Bonchev–Trinajstić information content (AvgIpc) is 3.07. The van der Waals surface area contributed by atoms with Gasteiger partial charge in [0.05, 0.1) is 21.9 Å². The normalized spacial score (nSPS) is 15.3. The molecule has 0 aliphatic carbocycles. The highest BCUT2D eigenvalue weighted by molar-refractivity contribution is 6.10. The summed E-state index contributed by atoms with van der Waals surface area (Å²) < 4.78 is 5.89. The van der Waals surface area contributed by atoms with Crippen molar-refractivity contribution < 1.29 is 14.1 Å². The molecule has 0 spiro atoms. The van der Waals surface area contributed by atoms with Crippen LogP contribution in [0.2, 0.25) is 0 Å². The van der Waals surface area contributed by atoms with Crippen LogP contribution in [0.25, 0.3) is 11.0 Å². The molecule has 0 saturated carbocycles. The number of benzene rings is 2. The van der Waals surface area contributed by atoms with Gasteiger partial charge >= 0.3 is 0 Å². The molecule has 1 aliphatic rings.